The topological polar surface area (TPSA) is 45.2 Å². The zero-order valence-electron chi connectivity index (χ0n) is 24.8. The Kier molecular flexibility index (Phi) is 8.16. The van der Waals surface area contributed by atoms with Crippen LogP contribution in [-0.2, 0) is 10.5 Å². The average Bonchev–Trinajstić information content (AvgIpc) is 2.78. The zero-order valence-corrected chi connectivity index (χ0v) is 25.6. The van der Waals surface area contributed by atoms with Crippen molar-refractivity contribution in [2.24, 2.45) is 0 Å². The Bertz CT molecular complexity index is 1230. The number of hydrogen-bond acceptors (Lipinski definition) is 3. The van der Waals surface area contributed by atoms with Gasteiger partial charge in [0.2, 0.25) is 0 Å². The molecule has 2 heterocycles. The molecule has 18 heteroatoms. The molecule has 1 aliphatic rings. The number of halogens is 3. The van der Waals surface area contributed by atoms with Crippen molar-refractivity contribution in [3.05, 3.63) is 64.2 Å². The molecule has 1 aliphatic heterocycles. The molecule has 2 aromatic rings. The predicted molar refractivity (Wildman–Crippen MR) is 184 cm³/mol. The standard InChI is InChI=1S/C20H33B11ClF2N3O/c21-16(22,23)10-2-4-13(35-8-10)17(24,25)36-19(28,29)15(34)5-6-37(20(30,31)18(15,26)27)14(38)9-1-3-12(33)11(32)7-9/h1-4,7-8,36H,5-6,21-31H2. The molecule has 0 aliphatic carbocycles. The van der Waals surface area contributed by atoms with E-state index in [9.17, 15) is 9.18 Å². The van der Waals surface area contributed by atoms with Gasteiger partial charge in [-0.05, 0) is 57.5 Å². The van der Waals surface area contributed by atoms with Gasteiger partial charge in [-0.1, -0.05) is 22.8 Å². The fourth-order valence-corrected chi connectivity index (χ4v) is 6.25. The van der Waals surface area contributed by atoms with Gasteiger partial charge in [0.05, 0.1) is 28.6 Å². The van der Waals surface area contributed by atoms with E-state index in [2.05, 4.69) is 34.9 Å². The van der Waals surface area contributed by atoms with Crippen molar-refractivity contribution in [3.63, 3.8) is 0 Å². The highest BCUT2D eigenvalue weighted by Gasteiger charge is 2.65. The van der Waals surface area contributed by atoms with Gasteiger partial charge in [0.25, 0.3) is 5.91 Å². The molecular weight excluding hydrogens is 491 g/mol. The van der Waals surface area contributed by atoms with Crippen LogP contribution in [0.2, 0.25) is 10.2 Å². The molecule has 1 aromatic carbocycles. The normalized spacial score (nSPS) is 21.6. The average molecular weight is 524 g/mol. The second-order valence-corrected chi connectivity index (χ2v) is 14.3. The Balaban J connectivity index is 1.93. The molecule has 188 valence electrons. The van der Waals surface area contributed by atoms with Crippen LogP contribution < -0.4 is 5.32 Å². The third kappa shape index (κ3) is 5.23. The summed E-state index contributed by atoms with van der Waals surface area (Å²) in [6.45, 7) is 0.213. The van der Waals surface area contributed by atoms with Gasteiger partial charge in [0.1, 0.15) is 74.3 Å². The van der Waals surface area contributed by atoms with E-state index in [0.29, 0.717) is 0 Å². The van der Waals surface area contributed by atoms with Crippen LogP contribution in [0.1, 0.15) is 28.0 Å². The lowest BCUT2D eigenvalue weighted by atomic mass is 9.23. The minimum absolute atomic E-state index is 0.00831. The number of rotatable bonds is 6. The van der Waals surface area contributed by atoms with Gasteiger partial charge >= 0.3 is 0 Å². The number of pyridine rings is 1. The number of benzene rings is 1. The Morgan fingerprint density at radius 1 is 1.03 bits per heavy atom. The lowest BCUT2D eigenvalue weighted by Crippen LogP contribution is -2.80. The van der Waals surface area contributed by atoms with Crippen LogP contribution in [0.5, 0.6) is 0 Å². The van der Waals surface area contributed by atoms with Gasteiger partial charge in [0.15, 0.2) is 0 Å². The number of alkyl halides is 1. The molecule has 0 radical (unpaired) electrons. The van der Waals surface area contributed by atoms with E-state index in [0.717, 1.165) is 11.3 Å². The number of carbonyl (C=O) groups excluding carboxylic acids is 1. The quantitative estimate of drug-likeness (QED) is 0.383. The van der Waals surface area contributed by atoms with Crippen molar-refractivity contribution < 1.29 is 13.6 Å². The van der Waals surface area contributed by atoms with Gasteiger partial charge in [-0.3, -0.25) is 9.78 Å². The molecule has 0 saturated carbocycles. The van der Waals surface area contributed by atoms with E-state index in [1.165, 1.54) is 18.2 Å². The van der Waals surface area contributed by atoms with Gasteiger partial charge in [-0.25, -0.2) is 8.78 Å². The fourth-order valence-electron chi connectivity index (χ4n) is 6.07. The summed E-state index contributed by atoms with van der Waals surface area (Å²) in [5.74, 6) is -0.872. The summed E-state index contributed by atoms with van der Waals surface area (Å²) in [5.41, 5.74) is 0.569. The summed E-state index contributed by atoms with van der Waals surface area (Å²) in [5, 5.41) is 0.0599. The highest BCUT2D eigenvalue weighted by Crippen LogP contribution is 2.55. The van der Waals surface area contributed by atoms with E-state index >= 15 is 4.39 Å². The summed E-state index contributed by atoms with van der Waals surface area (Å²) in [6, 6.07) is 8.05. The number of nitrogens with zero attached hydrogens (tertiary/aromatic N) is 2. The molecule has 1 N–H and O–H groups in total. The zero-order chi connectivity index (χ0) is 29.1. The number of hydrogen-bond donors (Lipinski definition) is 1. The van der Waals surface area contributed by atoms with Gasteiger partial charge < -0.3 is 10.2 Å². The van der Waals surface area contributed by atoms with Crippen molar-refractivity contribution in [1.82, 2.24) is 15.2 Å². The maximum absolute atomic E-state index is 17.6. The first kappa shape index (κ1) is 31.2. The third-order valence-corrected chi connectivity index (χ3v) is 9.46. The highest BCUT2D eigenvalue weighted by molar-refractivity contribution is 6.59. The van der Waals surface area contributed by atoms with Crippen LogP contribution in [-0.4, -0.2) is 125 Å². The Labute approximate surface area is 241 Å². The molecule has 0 spiro atoms. The molecule has 1 saturated heterocycles. The molecule has 3 rings (SSSR count). The van der Waals surface area contributed by atoms with Crippen molar-refractivity contribution >= 4 is 104 Å². The maximum atomic E-state index is 17.6. The number of likely N-dealkylation sites (tertiary alicyclic amines) is 1. The van der Waals surface area contributed by atoms with E-state index in [1.807, 2.05) is 75.0 Å². The predicted octanol–water partition coefficient (Wildman–Crippen LogP) is -7.67. The molecule has 1 atom stereocenters. The number of nitrogens with one attached hydrogen (secondary N) is 1. The summed E-state index contributed by atoms with van der Waals surface area (Å²) >= 11 is 5.95. The second-order valence-electron chi connectivity index (χ2n) is 13.9. The number of aromatic nitrogens is 1. The SMILES string of the molecule is BC(B)(B)c1ccc(C(B)(B)NC(B)(B)C2(F)CCN(C(=O)c3ccc(F)c(Cl)c3)C(B)(B)C2(B)B)nc1. The minimum Gasteiger partial charge on any atom is -0.349 e. The Morgan fingerprint density at radius 2 is 1.63 bits per heavy atom. The molecule has 1 fully saturated rings. The van der Waals surface area contributed by atoms with Crippen molar-refractivity contribution in [2.45, 2.75) is 38.4 Å². The number of piperidine rings is 1. The maximum Gasteiger partial charge on any atom is 0.253 e. The van der Waals surface area contributed by atoms with Crippen LogP contribution in [0.15, 0.2) is 36.5 Å². The molecule has 4 nitrogen and oxygen atoms in total. The fraction of sp³-hybridized carbons (Fsp3) is 0.400. The smallest absolute Gasteiger partial charge is 0.253 e. The van der Waals surface area contributed by atoms with E-state index in [4.69, 9.17) is 16.6 Å². The summed E-state index contributed by atoms with van der Waals surface area (Å²) < 4.78 is 31.3. The first-order valence-electron chi connectivity index (χ1n) is 13.3. The monoisotopic (exact) mass is 525 g/mol. The van der Waals surface area contributed by atoms with Crippen molar-refractivity contribution in [2.75, 3.05) is 6.54 Å². The highest BCUT2D eigenvalue weighted by atomic mass is 35.5. The van der Waals surface area contributed by atoms with Crippen LogP contribution in [0.4, 0.5) is 8.78 Å². The van der Waals surface area contributed by atoms with Gasteiger partial charge in [0, 0.05) is 24.0 Å². The largest absolute Gasteiger partial charge is 0.349 e. The summed E-state index contributed by atoms with van der Waals surface area (Å²) in [6.07, 6.45) is 2.03. The molecule has 1 amide bonds. The number of amides is 1. The van der Waals surface area contributed by atoms with Crippen LogP contribution >= 0.6 is 11.6 Å². The molecule has 38 heavy (non-hydrogen) atoms. The van der Waals surface area contributed by atoms with Crippen LogP contribution in [0.25, 0.3) is 0 Å². The summed E-state index contributed by atoms with van der Waals surface area (Å²) in [7, 11) is 21.8. The van der Waals surface area contributed by atoms with E-state index < -0.39 is 32.7 Å². The molecular formula is C20H33B11ClF2N3O. The van der Waals surface area contributed by atoms with Crippen LogP contribution in [0.3, 0.4) is 0 Å². The van der Waals surface area contributed by atoms with E-state index in [-0.39, 0.29) is 34.6 Å². The minimum atomic E-state index is -1.69. The number of carbonyl (C=O) groups is 1. The molecule has 0 bridgehead atoms. The van der Waals surface area contributed by atoms with E-state index in [1.54, 1.807) is 4.90 Å². The molecule has 1 unspecified atom stereocenters. The third-order valence-electron chi connectivity index (χ3n) is 9.17. The lowest BCUT2D eigenvalue weighted by molar-refractivity contribution is -0.00346. The Hall–Kier alpha value is -1.34. The summed E-state index contributed by atoms with van der Waals surface area (Å²) in [4.78, 5) is 20.0. The second kappa shape index (κ2) is 9.94. The molecule has 1 aromatic heterocycles. The first-order chi connectivity index (χ1) is 17.1. The Morgan fingerprint density at radius 3 is 2.13 bits per heavy atom. The van der Waals surface area contributed by atoms with Gasteiger partial charge in [-0.2, -0.15) is 0 Å². The lowest BCUT2D eigenvalue weighted by Gasteiger charge is -2.66. The van der Waals surface area contributed by atoms with Crippen molar-refractivity contribution in [1.29, 1.82) is 0 Å². The first-order valence-corrected chi connectivity index (χ1v) is 13.7. The van der Waals surface area contributed by atoms with Crippen LogP contribution in [0, 0.1) is 5.82 Å². The van der Waals surface area contributed by atoms with Crippen molar-refractivity contribution in [3.8, 4) is 0 Å². The van der Waals surface area contributed by atoms with Gasteiger partial charge in [-0.15, -0.1) is 0 Å².